The van der Waals surface area contributed by atoms with E-state index in [4.69, 9.17) is 4.98 Å². The number of aromatic nitrogens is 1. The summed E-state index contributed by atoms with van der Waals surface area (Å²) in [4.78, 5) is 4.80. The van der Waals surface area contributed by atoms with E-state index < -0.39 is 0 Å². The van der Waals surface area contributed by atoms with Gasteiger partial charge >= 0.3 is 0 Å². The molecular formula is C21H21N. The number of pyridine rings is 1. The van der Waals surface area contributed by atoms with E-state index in [1.54, 1.807) is 0 Å². The van der Waals surface area contributed by atoms with Crippen molar-refractivity contribution in [2.75, 3.05) is 0 Å². The molecule has 0 aliphatic carbocycles. The molecule has 3 aromatic rings. The maximum atomic E-state index is 4.80. The van der Waals surface area contributed by atoms with Gasteiger partial charge in [0, 0.05) is 22.7 Å². The Hall–Kier alpha value is -2.41. The molecule has 2 aromatic carbocycles. The Morgan fingerprint density at radius 2 is 1.23 bits per heavy atom. The summed E-state index contributed by atoms with van der Waals surface area (Å²) in [5.41, 5.74) is 5.95. The molecule has 0 aliphatic rings. The second kappa shape index (κ2) is 5.76. The van der Waals surface area contributed by atoms with Gasteiger partial charge < -0.3 is 0 Å². The monoisotopic (exact) mass is 287 g/mol. The van der Waals surface area contributed by atoms with Crippen molar-refractivity contribution in [3.05, 3.63) is 78.6 Å². The lowest BCUT2D eigenvalue weighted by Crippen LogP contribution is -2.15. The lowest BCUT2D eigenvalue weighted by Gasteiger charge is -2.22. The third-order valence-electron chi connectivity index (χ3n) is 3.79. The molecule has 0 saturated heterocycles. The first kappa shape index (κ1) is 14.5. The first-order valence-electron chi connectivity index (χ1n) is 7.67. The zero-order chi connectivity index (χ0) is 15.6. The second-order valence-corrected chi connectivity index (χ2v) is 6.60. The van der Waals surface area contributed by atoms with Crippen molar-refractivity contribution in [2.24, 2.45) is 0 Å². The van der Waals surface area contributed by atoms with Crippen LogP contribution in [0.25, 0.3) is 22.3 Å². The lowest BCUT2D eigenvalue weighted by atomic mass is 9.85. The summed E-state index contributed by atoms with van der Waals surface area (Å²) < 4.78 is 0. The molecule has 1 heterocycles. The van der Waals surface area contributed by atoms with Crippen molar-refractivity contribution in [2.45, 2.75) is 26.2 Å². The Morgan fingerprint density at radius 3 is 1.77 bits per heavy atom. The maximum absolute atomic E-state index is 4.80. The number of nitrogens with zero attached hydrogens (tertiary/aromatic N) is 1. The van der Waals surface area contributed by atoms with Gasteiger partial charge in [-0.2, -0.15) is 0 Å². The van der Waals surface area contributed by atoms with Gasteiger partial charge in [0.25, 0.3) is 0 Å². The summed E-state index contributed by atoms with van der Waals surface area (Å²) >= 11 is 0. The van der Waals surface area contributed by atoms with Crippen LogP contribution < -0.4 is 0 Å². The van der Waals surface area contributed by atoms with Gasteiger partial charge in [0.2, 0.25) is 0 Å². The van der Waals surface area contributed by atoms with E-state index in [1.807, 2.05) is 12.3 Å². The zero-order valence-electron chi connectivity index (χ0n) is 13.4. The minimum absolute atomic E-state index is 0.0143. The Balaban J connectivity index is 2.20. The summed E-state index contributed by atoms with van der Waals surface area (Å²) in [6.07, 6.45) is 1.99. The zero-order valence-corrected chi connectivity index (χ0v) is 13.4. The summed E-state index contributed by atoms with van der Waals surface area (Å²) in [6.45, 7) is 6.64. The van der Waals surface area contributed by atoms with Gasteiger partial charge in [-0.15, -0.1) is 0 Å². The SMILES string of the molecule is CC(C)(C)c1ncc(-c2ccccc2)cc1-c1ccccc1. The van der Waals surface area contributed by atoms with Gasteiger partial charge in [0.1, 0.15) is 0 Å². The van der Waals surface area contributed by atoms with Crippen LogP contribution in [-0.2, 0) is 5.41 Å². The van der Waals surface area contributed by atoms with E-state index in [0.29, 0.717) is 0 Å². The molecule has 0 N–H and O–H groups in total. The fraction of sp³-hybridized carbons (Fsp3) is 0.190. The topological polar surface area (TPSA) is 12.9 Å². The first-order valence-corrected chi connectivity index (χ1v) is 7.67. The fourth-order valence-corrected chi connectivity index (χ4v) is 2.69. The van der Waals surface area contributed by atoms with E-state index in [-0.39, 0.29) is 5.41 Å². The molecule has 0 spiro atoms. The summed E-state index contributed by atoms with van der Waals surface area (Å²) in [5.74, 6) is 0. The van der Waals surface area contributed by atoms with Gasteiger partial charge in [0.05, 0.1) is 5.69 Å². The molecular weight excluding hydrogens is 266 g/mol. The van der Waals surface area contributed by atoms with Gasteiger partial charge in [0.15, 0.2) is 0 Å². The highest BCUT2D eigenvalue weighted by Crippen LogP contribution is 2.34. The Kier molecular flexibility index (Phi) is 3.81. The molecule has 1 nitrogen and oxygen atoms in total. The van der Waals surface area contributed by atoms with E-state index >= 15 is 0 Å². The number of rotatable bonds is 2. The summed E-state index contributed by atoms with van der Waals surface area (Å²) in [6, 6.07) is 23.2. The quantitative estimate of drug-likeness (QED) is 0.588. The van der Waals surface area contributed by atoms with Gasteiger partial charge in [-0.05, 0) is 17.2 Å². The Labute approximate surface area is 132 Å². The minimum atomic E-state index is 0.0143. The van der Waals surface area contributed by atoms with Crippen molar-refractivity contribution < 1.29 is 0 Å². The molecule has 0 radical (unpaired) electrons. The standard InChI is InChI=1S/C21H21N/c1-21(2,3)20-19(17-12-8-5-9-13-17)14-18(15-22-20)16-10-6-4-7-11-16/h4-15H,1-3H3. The first-order chi connectivity index (χ1) is 10.6. The molecule has 22 heavy (non-hydrogen) atoms. The number of benzene rings is 2. The number of hydrogen-bond donors (Lipinski definition) is 0. The summed E-state index contributed by atoms with van der Waals surface area (Å²) in [7, 11) is 0. The average molecular weight is 287 g/mol. The molecule has 0 atom stereocenters. The largest absolute Gasteiger partial charge is 0.259 e. The minimum Gasteiger partial charge on any atom is -0.259 e. The van der Waals surface area contributed by atoms with Crippen molar-refractivity contribution in [3.63, 3.8) is 0 Å². The molecule has 3 rings (SSSR count). The second-order valence-electron chi connectivity index (χ2n) is 6.60. The van der Waals surface area contributed by atoms with Crippen molar-refractivity contribution in [1.82, 2.24) is 4.98 Å². The third-order valence-corrected chi connectivity index (χ3v) is 3.79. The lowest BCUT2D eigenvalue weighted by molar-refractivity contribution is 0.571. The molecule has 110 valence electrons. The molecule has 1 aromatic heterocycles. The molecule has 0 bridgehead atoms. The van der Waals surface area contributed by atoms with Crippen LogP contribution in [0.4, 0.5) is 0 Å². The molecule has 1 heteroatoms. The van der Waals surface area contributed by atoms with Crippen LogP contribution >= 0.6 is 0 Å². The molecule has 0 unspecified atom stereocenters. The highest BCUT2D eigenvalue weighted by Gasteiger charge is 2.21. The van der Waals surface area contributed by atoms with Crippen molar-refractivity contribution in [3.8, 4) is 22.3 Å². The highest BCUT2D eigenvalue weighted by molar-refractivity contribution is 5.74. The molecule has 0 aliphatic heterocycles. The molecule has 0 fully saturated rings. The van der Waals surface area contributed by atoms with E-state index in [9.17, 15) is 0 Å². The van der Waals surface area contributed by atoms with Crippen LogP contribution in [0.15, 0.2) is 72.9 Å². The predicted octanol–water partition coefficient (Wildman–Crippen LogP) is 5.71. The van der Waals surface area contributed by atoms with E-state index in [1.165, 1.54) is 16.7 Å². The normalized spacial score (nSPS) is 11.4. The Morgan fingerprint density at radius 1 is 0.682 bits per heavy atom. The van der Waals surface area contributed by atoms with Crippen LogP contribution in [0.5, 0.6) is 0 Å². The van der Waals surface area contributed by atoms with E-state index in [2.05, 4.69) is 81.4 Å². The van der Waals surface area contributed by atoms with Crippen LogP contribution in [0.2, 0.25) is 0 Å². The van der Waals surface area contributed by atoms with Crippen LogP contribution in [0.1, 0.15) is 26.5 Å². The van der Waals surface area contributed by atoms with Crippen LogP contribution in [0, 0.1) is 0 Å². The van der Waals surface area contributed by atoms with Crippen molar-refractivity contribution in [1.29, 1.82) is 0 Å². The molecule has 0 amide bonds. The van der Waals surface area contributed by atoms with Gasteiger partial charge in [-0.1, -0.05) is 81.4 Å². The average Bonchev–Trinajstić information content (AvgIpc) is 2.55. The smallest absolute Gasteiger partial charge is 0.0535 e. The third kappa shape index (κ3) is 2.94. The van der Waals surface area contributed by atoms with E-state index in [0.717, 1.165) is 11.3 Å². The van der Waals surface area contributed by atoms with Gasteiger partial charge in [-0.3, -0.25) is 4.98 Å². The van der Waals surface area contributed by atoms with Crippen LogP contribution in [-0.4, -0.2) is 4.98 Å². The molecule has 0 saturated carbocycles. The summed E-state index contributed by atoms with van der Waals surface area (Å²) in [5, 5.41) is 0. The van der Waals surface area contributed by atoms with Crippen molar-refractivity contribution >= 4 is 0 Å². The number of hydrogen-bond acceptors (Lipinski definition) is 1. The predicted molar refractivity (Wildman–Crippen MR) is 93.8 cm³/mol. The fourth-order valence-electron chi connectivity index (χ4n) is 2.69. The Bertz CT molecular complexity index is 753. The highest BCUT2D eigenvalue weighted by atomic mass is 14.7. The van der Waals surface area contributed by atoms with Gasteiger partial charge in [-0.25, -0.2) is 0 Å². The maximum Gasteiger partial charge on any atom is 0.0535 e. The van der Waals surface area contributed by atoms with Crippen LogP contribution in [0.3, 0.4) is 0 Å².